The maximum absolute atomic E-state index is 11.0. The maximum atomic E-state index is 11.0. The van der Waals surface area contributed by atoms with Crippen molar-refractivity contribution in [3.05, 3.63) is 29.3 Å². The van der Waals surface area contributed by atoms with E-state index in [0.717, 1.165) is 4.68 Å². The second-order valence-corrected chi connectivity index (χ2v) is 4.21. The van der Waals surface area contributed by atoms with Gasteiger partial charge in [0.25, 0.3) is 0 Å². The van der Waals surface area contributed by atoms with E-state index < -0.39 is 11.9 Å². The minimum atomic E-state index is -1.12. The van der Waals surface area contributed by atoms with Gasteiger partial charge in [0.1, 0.15) is 17.8 Å². The van der Waals surface area contributed by atoms with Crippen LogP contribution in [-0.2, 0) is 11.3 Å². The van der Waals surface area contributed by atoms with E-state index in [0.29, 0.717) is 10.6 Å². The van der Waals surface area contributed by atoms with Crippen molar-refractivity contribution < 1.29 is 19.8 Å². The number of thiophene rings is 1. The van der Waals surface area contributed by atoms with E-state index in [4.69, 9.17) is 10.2 Å². The second kappa shape index (κ2) is 4.38. The molecule has 2 rings (SSSR count). The van der Waals surface area contributed by atoms with Crippen LogP contribution in [-0.4, -0.2) is 31.9 Å². The van der Waals surface area contributed by atoms with Gasteiger partial charge in [0, 0.05) is 6.20 Å². The first-order valence-electron chi connectivity index (χ1n) is 4.64. The maximum Gasteiger partial charge on any atom is 0.339 e. The summed E-state index contributed by atoms with van der Waals surface area (Å²) in [5.41, 5.74) is 0.308. The molecule has 0 radical (unpaired) electrons. The van der Waals surface area contributed by atoms with Crippen LogP contribution in [0.1, 0.15) is 10.4 Å². The number of carboxylic acids is 2. The predicted octanol–water partition coefficient (Wildman–Crippen LogP) is 1.39. The third-order valence-electron chi connectivity index (χ3n) is 2.04. The fraction of sp³-hybridized carbons (Fsp3) is 0.100. The van der Waals surface area contributed by atoms with Crippen molar-refractivity contribution in [2.45, 2.75) is 6.54 Å². The molecule has 0 spiro atoms. The van der Waals surface area contributed by atoms with E-state index in [9.17, 15) is 9.59 Å². The molecule has 2 heterocycles. The molecule has 0 aromatic carbocycles. The molecule has 0 aliphatic rings. The minimum absolute atomic E-state index is 0.00806. The highest BCUT2D eigenvalue weighted by Crippen LogP contribution is 2.26. The summed E-state index contributed by atoms with van der Waals surface area (Å²) in [5.74, 6) is -2.19. The summed E-state index contributed by atoms with van der Waals surface area (Å²) in [6.45, 7) is -0.356. The Kier molecular flexibility index (Phi) is 2.92. The summed E-state index contributed by atoms with van der Waals surface area (Å²) in [6.07, 6.45) is 1.23. The molecule has 0 atom stereocenters. The molecule has 0 saturated carbocycles. The molecule has 0 aliphatic heterocycles. The van der Waals surface area contributed by atoms with Crippen LogP contribution in [0.15, 0.2) is 23.7 Å². The van der Waals surface area contributed by atoms with Gasteiger partial charge < -0.3 is 10.2 Å². The summed E-state index contributed by atoms with van der Waals surface area (Å²) in [6, 6.07) is 3.52. The van der Waals surface area contributed by atoms with Crippen LogP contribution in [0.4, 0.5) is 0 Å². The zero-order valence-electron chi connectivity index (χ0n) is 8.53. The highest BCUT2D eigenvalue weighted by atomic mass is 32.1. The summed E-state index contributed by atoms with van der Waals surface area (Å²) < 4.78 is 1.11. The molecule has 0 unspecified atom stereocenters. The average molecular weight is 252 g/mol. The van der Waals surface area contributed by atoms with Crippen molar-refractivity contribution in [1.82, 2.24) is 9.78 Å². The second-order valence-electron chi connectivity index (χ2n) is 3.27. The number of carboxylic acid groups (broad SMARTS) is 2. The van der Waals surface area contributed by atoms with Crippen LogP contribution in [0.2, 0.25) is 0 Å². The zero-order chi connectivity index (χ0) is 12.4. The smallest absolute Gasteiger partial charge is 0.339 e. The summed E-state index contributed by atoms with van der Waals surface area (Å²) in [5, 5.41) is 23.4. The highest BCUT2D eigenvalue weighted by molar-refractivity contribution is 7.13. The lowest BCUT2D eigenvalue weighted by Crippen LogP contribution is -2.09. The number of aromatic nitrogens is 2. The van der Waals surface area contributed by atoms with Gasteiger partial charge in [0.2, 0.25) is 0 Å². The van der Waals surface area contributed by atoms with Crippen molar-refractivity contribution in [1.29, 1.82) is 0 Å². The summed E-state index contributed by atoms with van der Waals surface area (Å²) >= 11 is 1.35. The lowest BCUT2D eigenvalue weighted by molar-refractivity contribution is -0.137. The van der Waals surface area contributed by atoms with Crippen LogP contribution in [0.3, 0.4) is 0 Å². The summed E-state index contributed by atoms with van der Waals surface area (Å²) in [4.78, 5) is 22.3. The number of aromatic carboxylic acids is 1. The zero-order valence-corrected chi connectivity index (χ0v) is 9.35. The largest absolute Gasteiger partial charge is 0.480 e. The third-order valence-corrected chi connectivity index (χ3v) is 2.92. The number of rotatable bonds is 4. The van der Waals surface area contributed by atoms with Gasteiger partial charge in [-0.3, -0.25) is 9.48 Å². The van der Waals surface area contributed by atoms with Crippen molar-refractivity contribution >= 4 is 23.3 Å². The van der Waals surface area contributed by atoms with Crippen molar-refractivity contribution in [2.24, 2.45) is 0 Å². The number of carbonyl (C=O) groups is 2. The molecule has 17 heavy (non-hydrogen) atoms. The average Bonchev–Trinajstić information content (AvgIpc) is 2.82. The molecule has 0 bridgehead atoms. The minimum Gasteiger partial charge on any atom is -0.480 e. The Labute approximate surface area is 99.7 Å². The molecule has 0 aliphatic carbocycles. The fourth-order valence-electron chi connectivity index (χ4n) is 1.39. The Morgan fingerprint density at radius 3 is 2.71 bits per heavy atom. The van der Waals surface area contributed by atoms with Crippen LogP contribution in [0.25, 0.3) is 10.6 Å². The van der Waals surface area contributed by atoms with Crippen molar-refractivity contribution in [2.75, 3.05) is 0 Å². The Bertz CT molecular complexity index is 559. The lowest BCUT2D eigenvalue weighted by Gasteiger charge is -1.94. The van der Waals surface area contributed by atoms with E-state index in [2.05, 4.69) is 5.10 Å². The molecular formula is C10H8N2O4S. The van der Waals surface area contributed by atoms with Gasteiger partial charge in [0.05, 0.1) is 4.88 Å². The van der Waals surface area contributed by atoms with Crippen LogP contribution in [0, 0.1) is 0 Å². The lowest BCUT2D eigenvalue weighted by atomic mass is 10.2. The number of nitrogens with zero attached hydrogens (tertiary/aromatic N) is 2. The van der Waals surface area contributed by atoms with Gasteiger partial charge in [-0.05, 0) is 11.4 Å². The molecule has 2 aromatic heterocycles. The molecule has 0 amide bonds. The van der Waals surface area contributed by atoms with Crippen LogP contribution >= 0.6 is 11.3 Å². The Morgan fingerprint density at radius 1 is 1.41 bits per heavy atom. The Morgan fingerprint density at radius 2 is 2.18 bits per heavy atom. The first-order chi connectivity index (χ1) is 8.08. The van der Waals surface area contributed by atoms with Crippen LogP contribution < -0.4 is 0 Å². The first kappa shape index (κ1) is 11.3. The van der Waals surface area contributed by atoms with Crippen LogP contribution in [0.5, 0.6) is 0 Å². The third kappa shape index (κ3) is 2.34. The van der Waals surface area contributed by atoms with E-state index >= 15 is 0 Å². The van der Waals surface area contributed by atoms with E-state index in [-0.39, 0.29) is 12.1 Å². The molecular weight excluding hydrogens is 244 g/mol. The molecule has 0 saturated heterocycles. The normalized spacial score (nSPS) is 10.4. The SMILES string of the molecule is O=C(O)Cn1cc(C(=O)O)c(-c2cccs2)n1. The Balaban J connectivity index is 2.46. The van der Waals surface area contributed by atoms with Gasteiger partial charge in [-0.2, -0.15) is 5.10 Å². The number of hydrogen-bond donors (Lipinski definition) is 2. The van der Waals surface area contributed by atoms with E-state index in [1.165, 1.54) is 17.5 Å². The molecule has 7 heteroatoms. The molecule has 88 valence electrons. The summed E-state index contributed by atoms with van der Waals surface area (Å²) in [7, 11) is 0. The molecule has 6 nitrogen and oxygen atoms in total. The van der Waals surface area contributed by atoms with Gasteiger partial charge in [-0.1, -0.05) is 6.07 Å². The van der Waals surface area contributed by atoms with Gasteiger partial charge in [-0.15, -0.1) is 11.3 Å². The fourth-order valence-corrected chi connectivity index (χ4v) is 2.12. The highest BCUT2D eigenvalue weighted by Gasteiger charge is 2.18. The molecule has 2 aromatic rings. The quantitative estimate of drug-likeness (QED) is 0.857. The Hall–Kier alpha value is -2.15. The number of hydrogen-bond acceptors (Lipinski definition) is 4. The molecule has 0 fully saturated rings. The van der Waals surface area contributed by atoms with Gasteiger partial charge in [0.15, 0.2) is 0 Å². The standard InChI is InChI=1S/C10H8N2O4S/c13-8(14)5-12-4-6(10(15)16)9(11-12)7-2-1-3-17-7/h1-4H,5H2,(H,13,14)(H,15,16). The van der Waals surface area contributed by atoms with Gasteiger partial charge >= 0.3 is 11.9 Å². The first-order valence-corrected chi connectivity index (χ1v) is 5.52. The van der Waals surface area contributed by atoms with E-state index in [1.54, 1.807) is 17.5 Å². The monoisotopic (exact) mass is 252 g/mol. The van der Waals surface area contributed by atoms with Crippen molar-refractivity contribution in [3.8, 4) is 10.6 Å². The molecule has 2 N–H and O–H groups in total. The predicted molar refractivity (Wildman–Crippen MR) is 60.1 cm³/mol. The van der Waals surface area contributed by atoms with Gasteiger partial charge in [-0.25, -0.2) is 4.79 Å². The topological polar surface area (TPSA) is 92.4 Å². The number of aliphatic carboxylic acids is 1. The van der Waals surface area contributed by atoms with Crippen molar-refractivity contribution in [3.63, 3.8) is 0 Å². The van der Waals surface area contributed by atoms with E-state index in [1.807, 2.05) is 0 Å².